The van der Waals surface area contributed by atoms with Crippen molar-refractivity contribution in [1.29, 1.82) is 0 Å². The van der Waals surface area contributed by atoms with Crippen LogP contribution in [0, 0.1) is 12.3 Å². The van der Waals surface area contributed by atoms with Crippen LogP contribution >= 0.6 is 0 Å². The Morgan fingerprint density at radius 1 is 1.40 bits per heavy atom. The first kappa shape index (κ1) is 15.5. The van der Waals surface area contributed by atoms with Crippen LogP contribution in [-0.4, -0.2) is 51.5 Å². The summed E-state index contributed by atoms with van der Waals surface area (Å²) in [5, 5.41) is 8.81. The Kier molecular flexibility index (Phi) is 6.04. The molecule has 0 aliphatic rings. The van der Waals surface area contributed by atoms with Gasteiger partial charge in [0.1, 0.15) is 6.54 Å². The minimum Gasteiger partial charge on any atom is -0.480 e. The number of nitrogens with zero attached hydrogens (tertiary/aromatic N) is 3. The van der Waals surface area contributed by atoms with Gasteiger partial charge in [-0.15, -0.1) is 6.42 Å². The fourth-order valence-corrected chi connectivity index (χ4v) is 1.67. The van der Waals surface area contributed by atoms with Gasteiger partial charge in [0.15, 0.2) is 0 Å². The number of pyridine rings is 1. The molecule has 1 rings (SSSR count). The molecule has 0 atom stereocenters. The van der Waals surface area contributed by atoms with Gasteiger partial charge in [-0.1, -0.05) is 12.0 Å². The summed E-state index contributed by atoms with van der Waals surface area (Å²) in [4.78, 5) is 29.8. The van der Waals surface area contributed by atoms with Crippen molar-refractivity contribution in [2.24, 2.45) is 0 Å². The van der Waals surface area contributed by atoms with Gasteiger partial charge in [-0.2, -0.15) is 0 Å². The fourth-order valence-electron chi connectivity index (χ4n) is 1.67. The zero-order valence-electron chi connectivity index (χ0n) is 11.3. The van der Waals surface area contributed by atoms with Crippen LogP contribution < -0.4 is 0 Å². The number of urea groups is 1. The van der Waals surface area contributed by atoms with Crippen LogP contribution in [0.1, 0.15) is 12.6 Å². The van der Waals surface area contributed by atoms with Gasteiger partial charge in [0.25, 0.3) is 0 Å². The molecular formula is C14H17N3O3. The fraction of sp³-hybridized carbons (Fsp3) is 0.357. The van der Waals surface area contributed by atoms with E-state index in [-0.39, 0.29) is 6.54 Å². The molecule has 0 saturated carbocycles. The van der Waals surface area contributed by atoms with Gasteiger partial charge < -0.3 is 14.9 Å². The molecule has 0 spiro atoms. The normalized spacial score (nSPS) is 9.60. The summed E-state index contributed by atoms with van der Waals surface area (Å²) in [7, 11) is 0. The Balaban J connectivity index is 2.78. The number of carbonyl (C=O) groups excluding carboxylic acids is 1. The Morgan fingerprint density at radius 2 is 2.15 bits per heavy atom. The molecule has 0 aromatic carbocycles. The number of hydrogen-bond acceptors (Lipinski definition) is 3. The van der Waals surface area contributed by atoms with E-state index in [9.17, 15) is 9.59 Å². The molecule has 1 aromatic rings. The minimum atomic E-state index is -1.09. The predicted octanol–water partition coefficient (Wildman–Crippen LogP) is 1.04. The average molecular weight is 275 g/mol. The van der Waals surface area contributed by atoms with Crippen LogP contribution in [0.5, 0.6) is 0 Å². The molecule has 20 heavy (non-hydrogen) atoms. The first-order valence-electron chi connectivity index (χ1n) is 6.17. The highest BCUT2D eigenvalue weighted by Gasteiger charge is 2.21. The van der Waals surface area contributed by atoms with Crippen molar-refractivity contribution in [2.75, 3.05) is 19.6 Å². The molecule has 6 nitrogen and oxygen atoms in total. The molecule has 2 amide bonds. The third-order valence-electron chi connectivity index (χ3n) is 2.61. The van der Waals surface area contributed by atoms with Crippen molar-refractivity contribution in [3.8, 4) is 12.3 Å². The summed E-state index contributed by atoms with van der Waals surface area (Å²) in [5.74, 6) is 1.20. The Labute approximate surface area is 118 Å². The number of aliphatic carboxylic acids is 1. The molecule has 0 bridgehead atoms. The molecule has 1 N–H and O–H groups in total. The van der Waals surface area contributed by atoms with E-state index in [0.29, 0.717) is 13.1 Å². The van der Waals surface area contributed by atoms with Crippen LogP contribution in [0.3, 0.4) is 0 Å². The number of carboxylic acid groups (broad SMARTS) is 1. The molecule has 106 valence electrons. The number of rotatable bonds is 6. The van der Waals surface area contributed by atoms with Gasteiger partial charge in [0.2, 0.25) is 0 Å². The van der Waals surface area contributed by atoms with E-state index in [2.05, 4.69) is 10.9 Å². The lowest BCUT2D eigenvalue weighted by Gasteiger charge is -2.27. The molecule has 6 heteroatoms. The third-order valence-corrected chi connectivity index (χ3v) is 2.61. The number of amides is 2. The smallest absolute Gasteiger partial charge is 0.323 e. The Hall–Kier alpha value is -2.55. The molecule has 0 saturated heterocycles. The Bertz CT molecular complexity index is 496. The largest absolute Gasteiger partial charge is 0.480 e. The van der Waals surface area contributed by atoms with Gasteiger partial charge in [-0.3, -0.25) is 9.78 Å². The van der Waals surface area contributed by atoms with Crippen LogP contribution in [0.4, 0.5) is 4.79 Å². The van der Waals surface area contributed by atoms with Crippen LogP contribution in [-0.2, 0) is 11.3 Å². The lowest BCUT2D eigenvalue weighted by molar-refractivity contribution is -0.137. The second-order valence-electron chi connectivity index (χ2n) is 4.07. The van der Waals surface area contributed by atoms with Crippen LogP contribution in [0.25, 0.3) is 0 Å². The van der Waals surface area contributed by atoms with Crippen molar-refractivity contribution < 1.29 is 14.7 Å². The maximum absolute atomic E-state index is 12.3. The molecule has 0 aliphatic carbocycles. The number of hydrogen-bond donors (Lipinski definition) is 1. The Morgan fingerprint density at radius 3 is 2.65 bits per heavy atom. The first-order chi connectivity index (χ1) is 9.58. The highest BCUT2D eigenvalue weighted by Crippen LogP contribution is 2.05. The molecule has 1 heterocycles. The monoisotopic (exact) mass is 275 g/mol. The van der Waals surface area contributed by atoms with Crippen molar-refractivity contribution in [2.45, 2.75) is 13.5 Å². The summed E-state index contributed by atoms with van der Waals surface area (Å²) in [6, 6.07) is 5.02. The van der Waals surface area contributed by atoms with E-state index in [4.69, 9.17) is 11.5 Å². The molecule has 0 unspecified atom stereocenters. The molecule has 0 aliphatic heterocycles. The topological polar surface area (TPSA) is 73.7 Å². The van der Waals surface area contributed by atoms with Crippen LogP contribution in [0.2, 0.25) is 0 Å². The molecule has 0 radical (unpaired) electrons. The summed E-state index contributed by atoms with van der Waals surface area (Å²) in [6.45, 7) is 2.12. The number of carbonyl (C=O) groups is 2. The van der Waals surface area contributed by atoms with Crippen molar-refractivity contribution in [1.82, 2.24) is 14.8 Å². The zero-order chi connectivity index (χ0) is 15.0. The van der Waals surface area contributed by atoms with E-state index in [1.54, 1.807) is 18.3 Å². The lowest BCUT2D eigenvalue weighted by atomic mass is 10.3. The second-order valence-corrected chi connectivity index (χ2v) is 4.07. The minimum absolute atomic E-state index is 0.0378. The van der Waals surface area contributed by atoms with E-state index >= 15 is 0 Å². The SMILES string of the molecule is C#CCN(CC(=O)O)C(=O)N(CC)Cc1ccccn1. The van der Waals surface area contributed by atoms with Gasteiger partial charge in [0.05, 0.1) is 18.8 Å². The molecule has 0 fully saturated rings. The highest BCUT2D eigenvalue weighted by atomic mass is 16.4. The van der Waals surface area contributed by atoms with Gasteiger partial charge in [-0.25, -0.2) is 4.79 Å². The van der Waals surface area contributed by atoms with Gasteiger partial charge in [-0.05, 0) is 19.1 Å². The highest BCUT2D eigenvalue weighted by molar-refractivity contribution is 5.80. The standard InChI is InChI=1S/C14H17N3O3/c1-3-9-17(11-13(18)19)14(20)16(4-2)10-12-7-5-6-8-15-12/h1,5-8H,4,9-11H2,2H3,(H,18,19). The maximum Gasteiger partial charge on any atom is 0.323 e. The predicted molar refractivity (Wildman–Crippen MR) is 73.8 cm³/mol. The third kappa shape index (κ3) is 4.61. The van der Waals surface area contributed by atoms with Gasteiger partial charge >= 0.3 is 12.0 Å². The summed E-state index contributed by atoms with van der Waals surface area (Å²) in [6.07, 6.45) is 6.81. The second kappa shape index (κ2) is 7.79. The van der Waals surface area contributed by atoms with Crippen molar-refractivity contribution in [3.05, 3.63) is 30.1 Å². The van der Waals surface area contributed by atoms with E-state index in [0.717, 1.165) is 10.6 Å². The number of terminal acetylenes is 1. The molecular weight excluding hydrogens is 258 g/mol. The lowest BCUT2D eigenvalue weighted by Crippen LogP contribution is -2.45. The molecule has 1 aromatic heterocycles. The first-order valence-corrected chi connectivity index (χ1v) is 6.17. The van der Waals surface area contributed by atoms with Crippen LogP contribution in [0.15, 0.2) is 24.4 Å². The van der Waals surface area contributed by atoms with E-state index < -0.39 is 18.5 Å². The van der Waals surface area contributed by atoms with E-state index in [1.165, 1.54) is 4.90 Å². The number of aromatic nitrogens is 1. The van der Waals surface area contributed by atoms with Crippen molar-refractivity contribution >= 4 is 12.0 Å². The average Bonchev–Trinajstić information content (AvgIpc) is 2.44. The zero-order valence-corrected chi connectivity index (χ0v) is 11.3. The summed E-state index contributed by atoms with van der Waals surface area (Å²) >= 11 is 0. The number of carboxylic acids is 1. The van der Waals surface area contributed by atoms with Crippen molar-refractivity contribution in [3.63, 3.8) is 0 Å². The summed E-state index contributed by atoms with van der Waals surface area (Å²) in [5.41, 5.74) is 0.735. The maximum atomic E-state index is 12.3. The van der Waals surface area contributed by atoms with Gasteiger partial charge in [0, 0.05) is 12.7 Å². The van der Waals surface area contributed by atoms with E-state index in [1.807, 2.05) is 13.0 Å². The quantitative estimate of drug-likeness (QED) is 0.787. The summed E-state index contributed by atoms with van der Waals surface area (Å²) < 4.78 is 0.